The highest BCUT2D eigenvalue weighted by Crippen LogP contribution is 2.23. The minimum absolute atomic E-state index is 0.0747. The Morgan fingerprint density at radius 3 is 2.62 bits per heavy atom. The quantitative estimate of drug-likeness (QED) is 0.806. The van der Waals surface area contributed by atoms with E-state index in [0.717, 1.165) is 10.5 Å². The van der Waals surface area contributed by atoms with Crippen molar-refractivity contribution in [2.75, 3.05) is 13.1 Å². The second kappa shape index (κ2) is 6.76. The number of nitrogens with zero attached hydrogens (tertiary/aromatic N) is 1. The number of amides is 4. The van der Waals surface area contributed by atoms with Crippen molar-refractivity contribution in [1.29, 1.82) is 0 Å². The zero-order valence-corrected chi connectivity index (χ0v) is 13.3. The van der Waals surface area contributed by atoms with Crippen molar-refractivity contribution < 1.29 is 18.8 Å². The Labute approximate surface area is 142 Å². The maximum Gasteiger partial charge on any atom is 0.325 e. The molecule has 8 heteroatoms. The molecule has 1 aliphatic rings. The standard InChI is InChI=1S/C16H14ClN3O4/c17-11-3-1-10(2-4-11)13-6-5-12(24-13)7-18-14(21)9-20-15(22)8-19-16(20)23/h1-6H,7-9H2,(H,18,21)(H,19,23). The van der Waals surface area contributed by atoms with E-state index in [4.69, 9.17) is 16.0 Å². The summed E-state index contributed by atoms with van der Waals surface area (Å²) in [5.41, 5.74) is 0.872. The molecule has 7 nitrogen and oxygen atoms in total. The highest BCUT2D eigenvalue weighted by atomic mass is 35.5. The van der Waals surface area contributed by atoms with E-state index in [2.05, 4.69) is 10.6 Å². The van der Waals surface area contributed by atoms with Crippen molar-refractivity contribution in [2.45, 2.75) is 6.54 Å². The van der Waals surface area contributed by atoms with Crippen LogP contribution in [0.3, 0.4) is 0 Å². The summed E-state index contributed by atoms with van der Waals surface area (Å²) in [5.74, 6) is 0.360. The fourth-order valence-electron chi connectivity index (χ4n) is 2.24. The fraction of sp³-hybridized carbons (Fsp3) is 0.188. The van der Waals surface area contributed by atoms with Gasteiger partial charge in [-0.1, -0.05) is 11.6 Å². The number of urea groups is 1. The molecule has 1 aromatic heterocycles. The average Bonchev–Trinajstić information content (AvgIpc) is 3.16. The summed E-state index contributed by atoms with van der Waals surface area (Å²) >= 11 is 5.84. The summed E-state index contributed by atoms with van der Waals surface area (Å²) in [6.45, 7) is -0.222. The van der Waals surface area contributed by atoms with Crippen LogP contribution in [0.5, 0.6) is 0 Å². The zero-order chi connectivity index (χ0) is 17.1. The number of halogens is 1. The molecule has 0 aliphatic carbocycles. The molecule has 0 bridgehead atoms. The average molecular weight is 348 g/mol. The first kappa shape index (κ1) is 16.1. The van der Waals surface area contributed by atoms with Crippen molar-refractivity contribution in [3.63, 3.8) is 0 Å². The molecular formula is C16H14ClN3O4. The van der Waals surface area contributed by atoms with Crippen LogP contribution < -0.4 is 10.6 Å². The third kappa shape index (κ3) is 3.57. The van der Waals surface area contributed by atoms with Crippen LogP contribution in [0.15, 0.2) is 40.8 Å². The molecule has 2 heterocycles. The molecule has 1 aromatic carbocycles. The number of furan rings is 1. The molecule has 4 amide bonds. The number of hydrogen-bond donors (Lipinski definition) is 2. The number of rotatable bonds is 5. The summed E-state index contributed by atoms with van der Waals surface area (Å²) in [5, 5.41) is 5.60. The van der Waals surface area contributed by atoms with Gasteiger partial charge in [0.25, 0.3) is 5.91 Å². The molecule has 0 unspecified atom stereocenters. The normalized spacial score (nSPS) is 14.0. The van der Waals surface area contributed by atoms with E-state index < -0.39 is 17.8 Å². The van der Waals surface area contributed by atoms with Gasteiger partial charge in [-0.2, -0.15) is 0 Å². The number of carbonyl (C=O) groups excluding carboxylic acids is 3. The molecule has 1 saturated heterocycles. The summed E-state index contributed by atoms with van der Waals surface area (Å²) in [6.07, 6.45) is 0. The van der Waals surface area contributed by atoms with Crippen molar-refractivity contribution in [1.82, 2.24) is 15.5 Å². The first-order valence-electron chi connectivity index (χ1n) is 7.22. The van der Waals surface area contributed by atoms with Crippen LogP contribution in [-0.2, 0) is 16.1 Å². The number of hydrogen-bond acceptors (Lipinski definition) is 4. The molecule has 2 N–H and O–H groups in total. The van der Waals surface area contributed by atoms with Crippen molar-refractivity contribution in [3.8, 4) is 11.3 Å². The van der Waals surface area contributed by atoms with Gasteiger partial charge in [0.15, 0.2) is 0 Å². The van der Waals surface area contributed by atoms with Crippen LogP contribution in [0, 0.1) is 0 Å². The van der Waals surface area contributed by atoms with Crippen molar-refractivity contribution in [3.05, 3.63) is 47.2 Å². The SMILES string of the molecule is O=C(CN1C(=O)CNC1=O)NCc1ccc(-c2ccc(Cl)cc2)o1. The molecule has 1 fully saturated rings. The van der Waals surface area contributed by atoms with Crippen LogP contribution in [0.2, 0.25) is 5.02 Å². The van der Waals surface area contributed by atoms with Crippen LogP contribution in [0.25, 0.3) is 11.3 Å². The van der Waals surface area contributed by atoms with Gasteiger partial charge in [-0.25, -0.2) is 4.79 Å². The van der Waals surface area contributed by atoms with Crippen LogP contribution >= 0.6 is 11.6 Å². The lowest BCUT2D eigenvalue weighted by Gasteiger charge is -2.11. The summed E-state index contributed by atoms with van der Waals surface area (Å²) in [6, 6.07) is 10.2. The lowest BCUT2D eigenvalue weighted by Crippen LogP contribution is -2.40. The predicted molar refractivity (Wildman–Crippen MR) is 86.1 cm³/mol. The highest BCUT2D eigenvalue weighted by Gasteiger charge is 2.30. The highest BCUT2D eigenvalue weighted by molar-refractivity contribution is 6.30. The van der Waals surface area contributed by atoms with Gasteiger partial charge in [0.1, 0.15) is 18.1 Å². The topological polar surface area (TPSA) is 91.7 Å². The van der Waals surface area contributed by atoms with Gasteiger partial charge in [0, 0.05) is 10.6 Å². The van der Waals surface area contributed by atoms with Crippen LogP contribution in [-0.4, -0.2) is 35.8 Å². The Bertz CT molecular complexity index is 769. The summed E-state index contributed by atoms with van der Waals surface area (Å²) < 4.78 is 5.65. The Kier molecular flexibility index (Phi) is 4.52. The van der Waals surface area contributed by atoms with Crippen molar-refractivity contribution >= 4 is 29.4 Å². The Balaban J connectivity index is 1.55. The maximum absolute atomic E-state index is 11.8. The largest absolute Gasteiger partial charge is 0.459 e. The molecule has 0 radical (unpaired) electrons. The van der Waals surface area contributed by atoms with E-state index >= 15 is 0 Å². The van der Waals surface area contributed by atoms with E-state index in [1.807, 2.05) is 12.1 Å². The van der Waals surface area contributed by atoms with Gasteiger partial charge in [-0.05, 0) is 36.4 Å². The van der Waals surface area contributed by atoms with Crippen LogP contribution in [0.1, 0.15) is 5.76 Å². The zero-order valence-electron chi connectivity index (χ0n) is 12.5. The van der Waals surface area contributed by atoms with Crippen molar-refractivity contribution in [2.24, 2.45) is 0 Å². The Morgan fingerprint density at radius 2 is 1.96 bits per heavy atom. The van der Waals surface area contributed by atoms with E-state index in [-0.39, 0.29) is 19.6 Å². The van der Waals surface area contributed by atoms with Crippen LogP contribution in [0.4, 0.5) is 4.79 Å². The molecule has 2 aromatic rings. The van der Waals surface area contributed by atoms with E-state index in [1.54, 1.807) is 24.3 Å². The van der Waals surface area contributed by atoms with Gasteiger partial charge in [0.05, 0.1) is 13.1 Å². The predicted octanol–water partition coefficient (Wildman–Crippen LogP) is 1.77. The third-order valence-corrected chi connectivity index (χ3v) is 3.74. The molecule has 1 aliphatic heterocycles. The Morgan fingerprint density at radius 1 is 1.21 bits per heavy atom. The van der Waals surface area contributed by atoms with Gasteiger partial charge in [-0.3, -0.25) is 14.5 Å². The minimum Gasteiger partial charge on any atom is -0.459 e. The lowest BCUT2D eigenvalue weighted by molar-refractivity contribution is -0.130. The van der Waals surface area contributed by atoms with Gasteiger partial charge in [-0.15, -0.1) is 0 Å². The second-order valence-electron chi connectivity index (χ2n) is 5.19. The van der Waals surface area contributed by atoms with Gasteiger partial charge in [0.2, 0.25) is 5.91 Å². The number of imide groups is 1. The maximum atomic E-state index is 11.8. The van der Waals surface area contributed by atoms with E-state index in [1.165, 1.54) is 0 Å². The smallest absolute Gasteiger partial charge is 0.325 e. The van der Waals surface area contributed by atoms with Gasteiger partial charge < -0.3 is 15.1 Å². The molecule has 24 heavy (non-hydrogen) atoms. The number of carbonyl (C=O) groups is 3. The first-order chi connectivity index (χ1) is 11.5. The minimum atomic E-state index is -0.557. The fourth-order valence-corrected chi connectivity index (χ4v) is 2.37. The van der Waals surface area contributed by atoms with Gasteiger partial charge >= 0.3 is 6.03 Å². The van der Waals surface area contributed by atoms with E-state index in [0.29, 0.717) is 16.5 Å². The number of nitrogens with one attached hydrogen (secondary N) is 2. The monoisotopic (exact) mass is 347 g/mol. The summed E-state index contributed by atoms with van der Waals surface area (Å²) in [7, 11) is 0. The van der Waals surface area contributed by atoms with E-state index in [9.17, 15) is 14.4 Å². The summed E-state index contributed by atoms with van der Waals surface area (Å²) in [4.78, 5) is 35.5. The second-order valence-corrected chi connectivity index (χ2v) is 5.62. The molecular weight excluding hydrogens is 334 g/mol. The molecule has 124 valence electrons. The molecule has 0 saturated carbocycles. The molecule has 3 rings (SSSR count). The first-order valence-corrected chi connectivity index (χ1v) is 7.60. The lowest BCUT2D eigenvalue weighted by atomic mass is 10.2. The number of benzene rings is 1. The molecule has 0 spiro atoms. The third-order valence-electron chi connectivity index (χ3n) is 3.49. The Hall–Kier alpha value is -2.80. The molecule has 0 atom stereocenters.